The number of benzene rings is 1. The van der Waals surface area contributed by atoms with Gasteiger partial charge in [0, 0.05) is 12.3 Å². The molecule has 0 aliphatic heterocycles. The standard InChI is InChI=1S/C16H12N2O7/c1-6-9(15(22)23)5-17-11(6)14(21)18-12-13(20)8-3-2-7(19)4-10(8)25-16(12)24/h2-5,17,19-20H,1H3,(H,18,21)(H,22,23). The van der Waals surface area contributed by atoms with Crippen LogP contribution in [0.3, 0.4) is 0 Å². The Morgan fingerprint density at radius 2 is 1.96 bits per heavy atom. The van der Waals surface area contributed by atoms with Gasteiger partial charge in [0.05, 0.1) is 10.9 Å². The second-order valence-corrected chi connectivity index (χ2v) is 5.26. The minimum Gasteiger partial charge on any atom is -0.508 e. The van der Waals surface area contributed by atoms with Crippen molar-refractivity contribution in [2.24, 2.45) is 0 Å². The van der Waals surface area contributed by atoms with Crippen molar-refractivity contribution in [1.82, 2.24) is 4.98 Å². The number of fused-ring (bicyclic) bond motifs is 1. The molecule has 0 bridgehead atoms. The summed E-state index contributed by atoms with van der Waals surface area (Å²) in [6.07, 6.45) is 1.15. The maximum Gasteiger partial charge on any atom is 0.364 e. The fourth-order valence-electron chi connectivity index (χ4n) is 2.41. The lowest BCUT2D eigenvalue weighted by atomic mass is 10.1. The Kier molecular flexibility index (Phi) is 3.68. The van der Waals surface area contributed by atoms with Crippen LogP contribution in [0.5, 0.6) is 11.5 Å². The number of aromatic nitrogens is 1. The van der Waals surface area contributed by atoms with Crippen molar-refractivity contribution in [2.45, 2.75) is 6.92 Å². The lowest BCUT2D eigenvalue weighted by Gasteiger charge is -2.08. The van der Waals surface area contributed by atoms with Crippen LogP contribution in [-0.2, 0) is 0 Å². The average Bonchev–Trinajstić information content (AvgIpc) is 2.92. The number of H-pyrrole nitrogens is 1. The van der Waals surface area contributed by atoms with E-state index in [1.807, 2.05) is 0 Å². The SMILES string of the molecule is Cc1c(C(=O)O)c[nH]c1C(=O)Nc1c(O)c2ccc(O)cc2oc1=O. The second-order valence-electron chi connectivity index (χ2n) is 5.26. The number of amides is 1. The van der Waals surface area contributed by atoms with Gasteiger partial charge in [0.1, 0.15) is 17.0 Å². The monoisotopic (exact) mass is 344 g/mol. The highest BCUT2D eigenvalue weighted by Gasteiger charge is 2.22. The van der Waals surface area contributed by atoms with Gasteiger partial charge in [0.25, 0.3) is 5.91 Å². The van der Waals surface area contributed by atoms with Crippen molar-refractivity contribution in [2.75, 3.05) is 5.32 Å². The van der Waals surface area contributed by atoms with Gasteiger partial charge in [-0.25, -0.2) is 9.59 Å². The number of aromatic amines is 1. The topological polar surface area (TPSA) is 153 Å². The number of aromatic carboxylic acids is 1. The number of carbonyl (C=O) groups is 2. The van der Waals surface area contributed by atoms with Crippen molar-refractivity contribution in [3.05, 3.63) is 51.6 Å². The van der Waals surface area contributed by atoms with E-state index in [1.54, 1.807) is 0 Å². The predicted molar refractivity (Wildman–Crippen MR) is 86.3 cm³/mol. The molecule has 0 atom stereocenters. The van der Waals surface area contributed by atoms with Crippen molar-refractivity contribution in [3.63, 3.8) is 0 Å². The van der Waals surface area contributed by atoms with E-state index >= 15 is 0 Å². The molecule has 9 heteroatoms. The third-order valence-corrected chi connectivity index (χ3v) is 3.70. The van der Waals surface area contributed by atoms with Crippen molar-refractivity contribution in [1.29, 1.82) is 0 Å². The molecule has 0 saturated carbocycles. The van der Waals surface area contributed by atoms with E-state index < -0.39 is 28.9 Å². The minimum absolute atomic E-state index is 0.0512. The van der Waals surface area contributed by atoms with Crippen LogP contribution in [0.2, 0.25) is 0 Å². The minimum atomic E-state index is -1.21. The molecule has 0 aliphatic carbocycles. The Labute approximate surface area is 139 Å². The van der Waals surface area contributed by atoms with Crippen LogP contribution in [-0.4, -0.2) is 32.2 Å². The summed E-state index contributed by atoms with van der Waals surface area (Å²) < 4.78 is 4.97. The molecular formula is C16H12N2O7. The predicted octanol–water partition coefficient (Wildman–Crippen LogP) is 1.79. The van der Waals surface area contributed by atoms with Gasteiger partial charge in [0.15, 0.2) is 11.4 Å². The Hall–Kier alpha value is -3.75. The zero-order valence-corrected chi connectivity index (χ0v) is 12.8. The number of phenols is 1. The number of carboxylic acid groups (broad SMARTS) is 1. The second kappa shape index (κ2) is 5.71. The van der Waals surface area contributed by atoms with Gasteiger partial charge >= 0.3 is 11.6 Å². The fourth-order valence-corrected chi connectivity index (χ4v) is 2.41. The first-order chi connectivity index (χ1) is 11.8. The summed E-state index contributed by atoms with van der Waals surface area (Å²) in [4.78, 5) is 37.8. The molecule has 2 heterocycles. The highest BCUT2D eigenvalue weighted by Crippen LogP contribution is 2.31. The van der Waals surface area contributed by atoms with Gasteiger partial charge in [-0.1, -0.05) is 0 Å². The van der Waals surface area contributed by atoms with Gasteiger partial charge in [-0.05, 0) is 24.6 Å². The molecule has 0 unspecified atom stereocenters. The number of anilines is 1. The molecule has 0 radical (unpaired) electrons. The number of nitrogens with one attached hydrogen (secondary N) is 2. The molecule has 25 heavy (non-hydrogen) atoms. The van der Waals surface area contributed by atoms with Crippen molar-refractivity contribution in [3.8, 4) is 11.5 Å². The lowest BCUT2D eigenvalue weighted by molar-refractivity contribution is 0.0696. The smallest absolute Gasteiger partial charge is 0.364 e. The normalized spacial score (nSPS) is 10.8. The van der Waals surface area contributed by atoms with Crippen LogP contribution < -0.4 is 10.9 Å². The molecular weight excluding hydrogens is 332 g/mol. The number of carboxylic acids is 1. The molecule has 9 nitrogen and oxygen atoms in total. The van der Waals surface area contributed by atoms with Crippen LogP contribution in [0, 0.1) is 6.92 Å². The first-order valence-electron chi connectivity index (χ1n) is 7.01. The molecule has 5 N–H and O–H groups in total. The quantitative estimate of drug-likeness (QED) is 0.454. The van der Waals surface area contributed by atoms with Gasteiger partial charge in [0.2, 0.25) is 0 Å². The number of phenolic OH excluding ortho intramolecular Hbond substituents is 1. The van der Waals surface area contributed by atoms with Crippen LogP contribution >= 0.6 is 0 Å². The Morgan fingerprint density at radius 3 is 2.60 bits per heavy atom. The Morgan fingerprint density at radius 1 is 1.24 bits per heavy atom. The largest absolute Gasteiger partial charge is 0.508 e. The van der Waals surface area contributed by atoms with E-state index in [0.29, 0.717) is 0 Å². The van der Waals surface area contributed by atoms with Crippen LogP contribution in [0.4, 0.5) is 5.69 Å². The molecule has 0 fully saturated rings. The Bertz CT molecular complexity index is 1080. The highest BCUT2D eigenvalue weighted by molar-refractivity contribution is 6.07. The molecule has 2 aromatic heterocycles. The highest BCUT2D eigenvalue weighted by atomic mass is 16.4. The zero-order valence-electron chi connectivity index (χ0n) is 12.8. The molecule has 0 spiro atoms. The average molecular weight is 344 g/mol. The molecule has 128 valence electrons. The summed E-state index contributed by atoms with van der Waals surface area (Å²) in [7, 11) is 0. The van der Waals surface area contributed by atoms with E-state index in [-0.39, 0.29) is 33.5 Å². The maximum atomic E-state index is 12.3. The summed E-state index contributed by atoms with van der Waals surface area (Å²) in [6, 6.07) is 3.75. The number of hydrogen-bond acceptors (Lipinski definition) is 6. The van der Waals surface area contributed by atoms with Crippen molar-refractivity contribution < 1.29 is 29.3 Å². The van der Waals surface area contributed by atoms with E-state index in [1.165, 1.54) is 19.1 Å². The molecule has 3 aromatic rings. The summed E-state index contributed by atoms with van der Waals surface area (Å²) >= 11 is 0. The fraction of sp³-hybridized carbons (Fsp3) is 0.0625. The van der Waals surface area contributed by atoms with Crippen LogP contribution in [0.1, 0.15) is 26.4 Å². The van der Waals surface area contributed by atoms with Crippen LogP contribution in [0.25, 0.3) is 11.0 Å². The number of aromatic hydroxyl groups is 2. The number of hydrogen-bond donors (Lipinski definition) is 5. The van der Waals surface area contributed by atoms with E-state index in [2.05, 4.69) is 10.3 Å². The van der Waals surface area contributed by atoms with Gasteiger partial charge in [-0.2, -0.15) is 0 Å². The van der Waals surface area contributed by atoms with Crippen LogP contribution in [0.15, 0.2) is 33.6 Å². The van der Waals surface area contributed by atoms with Gasteiger partial charge < -0.3 is 30.0 Å². The lowest BCUT2D eigenvalue weighted by Crippen LogP contribution is -2.19. The maximum absolute atomic E-state index is 12.3. The van der Waals surface area contributed by atoms with Gasteiger partial charge in [-0.3, -0.25) is 4.79 Å². The molecule has 0 aliphatic rings. The summed E-state index contributed by atoms with van der Waals surface area (Å²) in [5.74, 6) is -2.70. The van der Waals surface area contributed by atoms with Gasteiger partial charge in [-0.15, -0.1) is 0 Å². The summed E-state index contributed by atoms with van der Waals surface area (Å²) in [5.41, 5.74) is -1.54. The molecule has 1 aromatic carbocycles. The third kappa shape index (κ3) is 2.67. The summed E-state index contributed by atoms with van der Waals surface area (Å²) in [5, 5.41) is 30.9. The molecule has 3 rings (SSSR count). The number of rotatable bonds is 3. The Balaban J connectivity index is 2.03. The first kappa shape index (κ1) is 16.1. The van der Waals surface area contributed by atoms with Crippen molar-refractivity contribution >= 4 is 28.5 Å². The zero-order chi connectivity index (χ0) is 18.3. The van der Waals surface area contributed by atoms with E-state index in [9.17, 15) is 24.6 Å². The molecule has 0 saturated heterocycles. The number of carbonyl (C=O) groups excluding carboxylic acids is 1. The van der Waals surface area contributed by atoms with E-state index in [4.69, 9.17) is 9.52 Å². The third-order valence-electron chi connectivity index (χ3n) is 3.70. The first-order valence-corrected chi connectivity index (χ1v) is 7.01. The van der Waals surface area contributed by atoms with E-state index in [0.717, 1.165) is 12.3 Å². The molecule has 1 amide bonds. The summed E-state index contributed by atoms with van der Waals surface area (Å²) in [6.45, 7) is 1.43.